The minimum absolute atomic E-state index is 0.811. The fourth-order valence-corrected chi connectivity index (χ4v) is 0.713. The summed E-state index contributed by atoms with van der Waals surface area (Å²) in [5.41, 5.74) is 5.62. The first kappa shape index (κ1) is 7.53. The smallest absolute Gasteiger partial charge is 0.330 e. The molecule has 0 aromatic carbocycles. The molecule has 0 aliphatic rings. The van der Waals surface area contributed by atoms with E-state index in [0.29, 0.717) is 0 Å². The van der Waals surface area contributed by atoms with Crippen LogP contribution in [0.2, 0.25) is 0 Å². The summed E-state index contributed by atoms with van der Waals surface area (Å²) in [5, 5.41) is 0. The molecule has 0 unspecified atom stereocenters. The minimum Gasteiger partial charge on any atom is -0.330 e. The second-order valence-corrected chi connectivity index (χ2v) is 2.08. The molecule has 0 bridgehead atoms. The van der Waals surface area contributed by atoms with Crippen LogP contribution in [-0.4, -0.2) is 6.09 Å². The van der Waals surface area contributed by atoms with Crippen molar-refractivity contribution in [3.8, 4) is 0 Å². The number of nitrogens with zero attached hydrogens (tertiary/aromatic N) is 1. The molecule has 11 heavy (non-hydrogen) atoms. The highest BCUT2D eigenvalue weighted by atomic mass is 16.7. The van der Waals surface area contributed by atoms with Gasteiger partial charge in [-0.2, -0.15) is 4.84 Å². The fraction of sp³-hybridized carbons (Fsp3) is 0.143. The van der Waals surface area contributed by atoms with Gasteiger partial charge in [-0.05, 0) is 6.07 Å². The largest absolute Gasteiger partial charge is 0.473 e. The Hall–Kier alpha value is -1.58. The Kier molecular flexibility index (Phi) is 2.06. The molecule has 0 radical (unpaired) electrons. The van der Waals surface area contributed by atoms with Gasteiger partial charge in [-0.3, -0.25) is 0 Å². The summed E-state index contributed by atoms with van der Waals surface area (Å²) in [7, 11) is 0. The summed E-state index contributed by atoms with van der Waals surface area (Å²) < 4.78 is 1.31. The monoisotopic (exact) mass is 153 g/mol. The number of amides is 1. The topological polar surface area (TPSA) is 56.2 Å². The maximum Gasteiger partial charge on any atom is 0.473 e. The van der Waals surface area contributed by atoms with Crippen LogP contribution >= 0.6 is 0 Å². The number of primary amides is 1. The standard InChI is InChI=1S/C7H8N2O2/c1-6-4-2-3-5-9(6)11-7(8)10/h2-5H,1H3,(H-,8,10)/p+1. The van der Waals surface area contributed by atoms with Crippen LogP contribution in [0.15, 0.2) is 24.4 Å². The van der Waals surface area contributed by atoms with E-state index in [-0.39, 0.29) is 0 Å². The molecular formula is C7H9N2O2+. The molecule has 1 rings (SSSR count). The van der Waals surface area contributed by atoms with Gasteiger partial charge in [0.25, 0.3) is 0 Å². The lowest BCUT2D eigenvalue weighted by molar-refractivity contribution is -0.872. The number of rotatable bonds is 1. The Balaban J connectivity index is 2.86. The summed E-state index contributed by atoms with van der Waals surface area (Å²) in [4.78, 5) is 14.9. The molecule has 0 atom stereocenters. The predicted molar refractivity (Wildman–Crippen MR) is 37.5 cm³/mol. The number of carbonyl (C=O) groups excluding carboxylic acids is 1. The van der Waals surface area contributed by atoms with Crippen molar-refractivity contribution in [2.75, 3.05) is 0 Å². The van der Waals surface area contributed by atoms with Crippen molar-refractivity contribution in [1.82, 2.24) is 0 Å². The molecule has 1 aromatic heterocycles. The Bertz CT molecular complexity index is 273. The Labute approximate surface area is 64.2 Å². The zero-order valence-electron chi connectivity index (χ0n) is 6.15. The summed E-state index contributed by atoms with van der Waals surface area (Å²) in [6.45, 7) is 1.81. The van der Waals surface area contributed by atoms with E-state index in [1.165, 1.54) is 4.73 Å². The zero-order chi connectivity index (χ0) is 8.27. The molecular weight excluding hydrogens is 144 g/mol. The second-order valence-electron chi connectivity index (χ2n) is 2.08. The lowest BCUT2D eigenvalue weighted by Gasteiger charge is -1.92. The average molecular weight is 153 g/mol. The lowest BCUT2D eigenvalue weighted by atomic mass is 10.4. The van der Waals surface area contributed by atoms with Crippen LogP contribution in [0.25, 0.3) is 0 Å². The number of aromatic nitrogens is 1. The second kappa shape index (κ2) is 3.01. The van der Waals surface area contributed by atoms with E-state index in [9.17, 15) is 4.79 Å². The Morgan fingerprint density at radius 3 is 2.91 bits per heavy atom. The number of pyridine rings is 1. The third-order valence-electron chi connectivity index (χ3n) is 1.21. The first-order valence-electron chi connectivity index (χ1n) is 3.15. The normalized spacial score (nSPS) is 9.18. The third kappa shape index (κ3) is 1.93. The number of nitrogens with two attached hydrogens (primary N) is 1. The van der Waals surface area contributed by atoms with Gasteiger partial charge in [0, 0.05) is 23.8 Å². The fourth-order valence-electron chi connectivity index (χ4n) is 0.713. The summed E-state index contributed by atoms with van der Waals surface area (Å²) in [6, 6.07) is 5.40. The molecule has 0 aliphatic carbocycles. The van der Waals surface area contributed by atoms with Gasteiger partial charge in [-0.15, -0.1) is 0 Å². The molecule has 4 heteroatoms. The summed E-state index contributed by atoms with van der Waals surface area (Å²) in [5.74, 6) is 0. The van der Waals surface area contributed by atoms with Crippen molar-refractivity contribution < 1.29 is 14.4 Å². The molecule has 2 N–H and O–H groups in total. The maximum absolute atomic E-state index is 10.3. The van der Waals surface area contributed by atoms with Gasteiger partial charge < -0.3 is 5.73 Å². The highest BCUT2D eigenvalue weighted by Crippen LogP contribution is 1.84. The molecule has 0 spiro atoms. The molecule has 1 aromatic rings. The van der Waals surface area contributed by atoms with E-state index >= 15 is 0 Å². The molecule has 0 saturated heterocycles. The van der Waals surface area contributed by atoms with Gasteiger partial charge in [0.15, 0.2) is 0 Å². The van der Waals surface area contributed by atoms with Gasteiger partial charge in [-0.1, -0.05) is 0 Å². The van der Waals surface area contributed by atoms with Gasteiger partial charge in [0.1, 0.15) is 0 Å². The van der Waals surface area contributed by atoms with Crippen molar-refractivity contribution in [1.29, 1.82) is 0 Å². The highest BCUT2D eigenvalue weighted by Gasteiger charge is 2.08. The van der Waals surface area contributed by atoms with Gasteiger partial charge in [-0.25, -0.2) is 4.79 Å². The van der Waals surface area contributed by atoms with Crippen LogP contribution in [0.3, 0.4) is 0 Å². The van der Waals surface area contributed by atoms with Crippen molar-refractivity contribution in [2.45, 2.75) is 6.92 Å². The van der Waals surface area contributed by atoms with E-state index in [1.54, 1.807) is 12.3 Å². The molecule has 0 aliphatic heterocycles. The van der Waals surface area contributed by atoms with Crippen LogP contribution < -0.4 is 15.3 Å². The van der Waals surface area contributed by atoms with E-state index in [0.717, 1.165) is 5.69 Å². The maximum atomic E-state index is 10.3. The van der Waals surface area contributed by atoms with Gasteiger partial charge in [0.2, 0.25) is 11.9 Å². The van der Waals surface area contributed by atoms with Crippen LogP contribution in [0.1, 0.15) is 5.69 Å². The predicted octanol–water partition coefficient (Wildman–Crippen LogP) is -0.210. The van der Waals surface area contributed by atoms with E-state index in [1.807, 2.05) is 19.1 Å². The van der Waals surface area contributed by atoms with Crippen LogP contribution in [0, 0.1) is 6.92 Å². The number of aryl methyl sites for hydroxylation is 1. The van der Waals surface area contributed by atoms with E-state index in [4.69, 9.17) is 5.73 Å². The number of hydrogen-bond donors (Lipinski definition) is 1. The molecule has 1 heterocycles. The molecule has 0 saturated carbocycles. The Morgan fingerprint density at radius 2 is 2.36 bits per heavy atom. The van der Waals surface area contributed by atoms with Crippen molar-refractivity contribution in [3.05, 3.63) is 30.1 Å². The molecule has 58 valence electrons. The lowest BCUT2D eigenvalue weighted by Crippen LogP contribution is -2.49. The third-order valence-corrected chi connectivity index (χ3v) is 1.21. The Morgan fingerprint density at radius 1 is 1.64 bits per heavy atom. The van der Waals surface area contributed by atoms with Gasteiger partial charge in [0.05, 0.1) is 0 Å². The van der Waals surface area contributed by atoms with Gasteiger partial charge >= 0.3 is 6.09 Å². The summed E-state index contributed by atoms with van der Waals surface area (Å²) >= 11 is 0. The SMILES string of the molecule is Cc1cccc[n+]1OC(N)=O. The number of carbonyl (C=O) groups is 1. The average Bonchev–Trinajstić information content (AvgIpc) is 1.93. The first-order valence-corrected chi connectivity index (χ1v) is 3.15. The van der Waals surface area contributed by atoms with E-state index in [2.05, 4.69) is 4.84 Å². The van der Waals surface area contributed by atoms with Crippen molar-refractivity contribution in [3.63, 3.8) is 0 Å². The molecule has 0 fully saturated rings. The van der Waals surface area contributed by atoms with Crippen LogP contribution in [-0.2, 0) is 0 Å². The minimum atomic E-state index is -0.815. The van der Waals surface area contributed by atoms with Crippen molar-refractivity contribution >= 4 is 6.09 Å². The molecule has 4 nitrogen and oxygen atoms in total. The zero-order valence-corrected chi connectivity index (χ0v) is 6.15. The first-order chi connectivity index (χ1) is 5.20. The van der Waals surface area contributed by atoms with Crippen LogP contribution in [0.4, 0.5) is 4.79 Å². The van der Waals surface area contributed by atoms with Crippen molar-refractivity contribution in [2.24, 2.45) is 5.73 Å². The quantitative estimate of drug-likeness (QED) is 0.567. The molecule has 1 amide bonds. The van der Waals surface area contributed by atoms with E-state index < -0.39 is 6.09 Å². The highest BCUT2D eigenvalue weighted by molar-refractivity contribution is 5.64. The number of hydrogen-bond acceptors (Lipinski definition) is 2. The van der Waals surface area contributed by atoms with Crippen LogP contribution in [0.5, 0.6) is 0 Å². The summed E-state index contributed by atoms with van der Waals surface area (Å²) in [6.07, 6.45) is 0.796.